The van der Waals surface area contributed by atoms with Gasteiger partial charge >= 0.3 is 6.09 Å². The Morgan fingerprint density at radius 2 is 1.95 bits per heavy atom. The van der Waals surface area contributed by atoms with Crippen molar-refractivity contribution in [2.24, 2.45) is 0 Å². The Hall–Kier alpha value is -2.83. The normalized spacial score (nSPS) is 14.9. The number of carboxylic acid groups (broad SMARTS) is 1. The Morgan fingerprint density at radius 1 is 1.18 bits per heavy atom. The molecule has 3 heterocycles. The lowest BCUT2D eigenvalue weighted by molar-refractivity contribution is -0.118. The molecular weight excluding hydrogens is 284 g/mol. The highest BCUT2D eigenvalue weighted by Gasteiger charge is 2.17. The molecule has 1 amide bonds. The molecule has 0 atom stereocenters. The number of carbonyl (C=O) groups excluding carboxylic acids is 1. The average molecular weight is 300 g/mol. The Balaban J connectivity index is 1.77. The lowest BCUT2D eigenvalue weighted by Gasteiger charge is -2.33. The van der Waals surface area contributed by atoms with Crippen molar-refractivity contribution in [1.82, 2.24) is 14.5 Å². The number of anilines is 1. The van der Waals surface area contributed by atoms with Gasteiger partial charge in [0, 0.05) is 44.1 Å². The summed E-state index contributed by atoms with van der Waals surface area (Å²) in [6.45, 7) is 2.87. The van der Waals surface area contributed by atoms with E-state index in [2.05, 4.69) is 9.88 Å². The van der Waals surface area contributed by atoms with Crippen molar-refractivity contribution in [2.45, 2.75) is 0 Å². The van der Waals surface area contributed by atoms with Crippen LogP contribution in [0.4, 0.5) is 10.6 Å². The fourth-order valence-electron chi connectivity index (χ4n) is 2.56. The number of nitrogens with zero attached hydrogens (tertiary/aromatic N) is 4. The molecule has 1 fully saturated rings. The first-order valence-electron chi connectivity index (χ1n) is 7.00. The molecule has 0 unspecified atom stereocenters. The van der Waals surface area contributed by atoms with Crippen molar-refractivity contribution in [1.29, 1.82) is 0 Å². The Labute approximate surface area is 127 Å². The van der Waals surface area contributed by atoms with Crippen LogP contribution in [0.25, 0.3) is 11.3 Å². The minimum absolute atomic E-state index is 0.595. The molecule has 0 aromatic carbocycles. The highest BCUT2D eigenvalue weighted by atomic mass is 16.4. The quantitative estimate of drug-likeness (QED) is 0.866. The van der Waals surface area contributed by atoms with Crippen LogP contribution < -0.4 is 4.90 Å². The van der Waals surface area contributed by atoms with Crippen molar-refractivity contribution in [3.63, 3.8) is 0 Å². The number of amides is 1. The molecule has 114 valence electrons. The summed E-state index contributed by atoms with van der Waals surface area (Å²) in [5.41, 5.74) is 1.35. The zero-order chi connectivity index (χ0) is 15.5. The third-order valence-electron chi connectivity index (χ3n) is 3.79. The van der Waals surface area contributed by atoms with Crippen LogP contribution in [0.1, 0.15) is 0 Å². The van der Waals surface area contributed by atoms with Gasteiger partial charge in [-0.1, -0.05) is 0 Å². The van der Waals surface area contributed by atoms with E-state index in [9.17, 15) is 9.59 Å². The van der Waals surface area contributed by atoms with Crippen LogP contribution in [0.5, 0.6) is 0 Å². The minimum atomic E-state index is -1.02. The molecule has 1 saturated heterocycles. The number of pyridine rings is 1. The Kier molecular flexibility index (Phi) is 3.78. The van der Waals surface area contributed by atoms with Crippen molar-refractivity contribution >= 4 is 18.3 Å². The van der Waals surface area contributed by atoms with Crippen molar-refractivity contribution in [2.75, 3.05) is 31.1 Å². The van der Waals surface area contributed by atoms with Gasteiger partial charge in [-0.15, -0.1) is 0 Å². The van der Waals surface area contributed by atoms with E-state index in [0.717, 1.165) is 30.9 Å². The highest BCUT2D eigenvalue weighted by molar-refractivity contribution is 5.77. The zero-order valence-electron chi connectivity index (χ0n) is 11.9. The standard InChI is InChI=1S/C15H16N4O3/c20-11-17-6-8-18(9-7-17)14-4-3-12(10-16-14)13-2-1-5-19(13)15(21)22/h1-5,10-11H,6-9H2,(H,21,22). The second kappa shape index (κ2) is 5.88. The molecule has 1 aliphatic heterocycles. The molecule has 1 N–H and O–H groups in total. The summed E-state index contributed by atoms with van der Waals surface area (Å²) in [6.07, 6.45) is 3.03. The van der Waals surface area contributed by atoms with Gasteiger partial charge in [-0.3, -0.25) is 9.36 Å². The Bertz CT molecular complexity index is 672. The molecule has 22 heavy (non-hydrogen) atoms. The summed E-state index contributed by atoms with van der Waals surface area (Å²) >= 11 is 0. The molecular formula is C15H16N4O3. The maximum atomic E-state index is 11.1. The van der Waals surface area contributed by atoms with Crippen LogP contribution in [0.3, 0.4) is 0 Å². The molecule has 1 aliphatic rings. The highest BCUT2D eigenvalue weighted by Crippen LogP contribution is 2.22. The predicted octanol–water partition coefficient (Wildman–Crippen LogP) is 1.35. The van der Waals surface area contributed by atoms with E-state index in [1.54, 1.807) is 23.2 Å². The third-order valence-corrected chi connectivity index (χ3v) is 3.79. The van der Waals surface area contributed by atoms with Crippen LogP contribution in [0.15, 0.2) is 36.7 Å². The molecule has 0 bridgehead atoms. The zero-order valence-corrected chi connectivity index (χ0v) is 11.9. The smallest absolute Gasteiger partial charge is 0.415 e. The summed E-state index contributed by atoms with van der Waals surface area (Å²) < 4.78 is 1.17. The van der Waals surface area contributed by atoms with Crippen LogP contribution in [-0.4, -0.2) is 58.2 Å². The van der Waals surface area contributed by atoms with Crippen LogP contribution in [0.2, 0.25) is 0 Å². The van der Waals surface area contributed by atoms with E-state index >= 15 is 0 Å². The first-order valence-corrected chi connectivity index (χ1v) is 7.00. The molecule has 0 aliphatic carbocycles. The van der Waals surface area contributed by atoms with E-state index < -0.39 is 6.09 Å². The Morgan fingerprint density at radius 3 is 2.55 bits per heavy atom. The van der Waals surface area contributed by atoms with Crippen LogP contribution >= 0.6 is 0 Å². The van der Waals surface area contributed by atoms with Gasteiger partial charge in [0.1, 0.15) is 5.82 Å². The second-order valence-electron chi connectivity index (χ2n) is 5.08. The average Bonchev–Trinajstić information content (AvgIpc) is 3.05. The summed E-state index contributed by atoms with van der Waals surface area (Å²) in [4.78, 5) is 30.1. The van der Waals surface area contributed by atoms with Crippen molar-refractivity contribution < 1.29 is 14.7 Å². The van der Waals surface area contributed by atoms with Gasteiger partial charge in [-0.05, 0) is 24.3 Å². The minimum Gasteiger partial charge on any atom is -0.464 e. The maximum Gasteiger partial charge on any atom is 0.415 e. The summed E-state index contributed by atoms with van der Waals surface area (Å²) in [6, 6.07) is 7.18. The number of carbonyl (C=O) groups is 2. The number of aromatic nitrogens is 2. The third kappa shape index (κ3) is 2.65. The predicted molar refractivity (Wildman–Crippen MR) is 80.9 cm³/mol. The lowest BCUT2D eigenvalue weighted by atomic mass is 10.2. The lowest BCUT2D eigenvalue weighted by Crippen LogP contribution is -2.46. The first kappa shape index (κ1) is 14.1. The molecule has 0 spiro atoms. The summed E-state index contributed by atoms with van der Waals surface area (Å²) in [5, 5.41) is 9.12. The van der Waals surface area contributed by atoms with Crippen molar-refractivity contribution in [3.8, 4) is 11.3 Å². The fourth-order valence-corrected chi connectivity index (χ4v) is 2.56. The number of rotatable bonds is 3. The van der Waals surface area contributed by atoms with Crippen LogP contribution in [-0.2, 0) is 4.79 Å². The molecule has 0 saturated carbocycles. The summed E-state index contributed by atoms with van der Waals surface area (Å²) in [5.74, 6) is 0.836. The molecule has 0 radical (unpaired) electrons. The fraction of sp³-hybridized carbons (Fsp3) is 0.267. The van der Waals surface area contributed by atoms with Gasteiger partial charge in [-0.25, -0.2) is 9.78 Å². The van der Waals surface area contributed by atoms with E-state index in [0.29, 0.717) is 18.8 Å². The van der Waals surface area contributed by atoms with Crippen LogP contribution in [0, 0.1) is 0 Å². The molecule has 2 aromatic rings. The van der Waals surface area contributed by atoms with Gasteiger partial charge in [-0.2, -0.15) is 0 Å². The van der Waals surface area contributed by atoms with E-state index in [-0.39, 0.29) is 0 Å². The van der Waals surface area contributed by atoms with E-state index in [1.807, 2.05) is 12.1 Å². The van der Waals surface area contributed by atoms with Crippen molar-refractivity contribution in [3.05, 3.63) is 36.7 Å². The first-order chi connectivity index (χ1) is 10.7. The molecule has 7 nitrogen and oxygen atoms in total. The molecule has 3 rings (SSSR count). The van der Waals surface area contributed by atoms with Gasteiger partial charge in [0.2, 0.25) is 6.41 Å². The monoisotopic (exact) mass is 300 g/mol. The topological polar surface area (TPSA) is 78.7 Å². The van der Waals surface area contributed by atoms with Gasteiger partial charge in [0.15, 0.2) is 0 Å². The number of piperazine rings is 1. The summed E-state index contributed by atoms with van der Waals surface area (Å²) in [7, 11) is 0. The number of hydrogen-bond acceptors (Lipinski definition) is 4. The van der Waals surface area contributed by atoms with E-state index in [1.165, 1.54) is 10.8 Å². The molecule has 7 heteroatoms. The van der Waals surface area contributed by atoms with E-state index in [4.69, 9.17) is 5.11 Å². The van der Waals surface area contributed by atoms with Gasteiger partial charge in [0.05, 0.1) is 5.69 Å². The van der Waals surface area contributed by atoms with Gasteiger partial charge in [0.25, 0.3) is 0 Å². The second-order valence-corrected chi connectivity index (χ2v) is 5.08. The van der Waals surface area contributed by atoms with Gasteiger partial charge < -0.3 is 14.9 Å². The largest absolute Gasteiger partial charge is 0.464 e. The number of hydrogen-bond donors (Lipinski definition) is 1. The molecule has 2 aromatic heterocycles. The maximum absolute atomic E-state index is 11.1. The SMILES string of the molecule is O=CN1CCN(c2ccc(-c3cccn3C(=O)O)cn2)CC1.